The largest absolute Gasteiger partial charge is 0.322 e. The van der Waals surface area contributed by atoms with Crippen LogP contribution in [0.2, 0.25) is 0 Å². The zero-order chi connectivity index (χ0) is 21.2. The average molecular weight is 400 g/mol. The van der Waals surface area contributed by atoms with Crippen LogP contribution >= 0.6 is 0 Å². The van der Waals surface area contributed by atoms with E-state index in [1.807, 2.05) is 39.0 Å². The van der Waals surface area contributed by atoms with E-state index in [-0.39, 0.29) is 41.4 Å². The fourth-order valence-electron chi connectivity index (χ4n) is 5.45. The first-order valence-electron chi connectivity index (χ1n) is 10.4. The van der Waals surface area contributed by atoms with Gasteiger partial charge in [-0.2, -0.15) is 0 Å². The van der Waals surface area contributed by atoms with Crippen LogP contribution in [0.4, 0.5) is 11.4 Å². The van der Waals surface area contributed by atoms with E-state index in [2.05, 4.69) is 11.4 Å². The van der Waals surface area contributed by atoms with Crippen LogP contribution in [0.3, 0.4) is 0 Å². The lowest BCUT2D eigenvalue weighted by molar-refractivity contribution is -0.123. The molecule has 30 heavy (non-hydrogen) atoms. The summed E-state index contributed by atoms with van der Waals surface area (Å²) in [7, 11) is 0. The van der Waals surface area contributed by atoms with Crippen molar-refractivity contribution >= 4 is 29.1 Å². The molecule has 2 bridgehead atoms. The van der Waals surface area contributed by atoms with E-state index in [9.17, 15) is 14.4 Å². The molecule has 3 amide bonds. The normalized spacial score (nSPS) is 26.8. The first-order chi connectivity index (χ1) is 14.4. The van der Waals surface area contributed by atoms with Crippen molar-refractivity contribution in [2.75, 3.05) is 10.2 Å². The average Bonchev–Trinajstić information content (AvgIpc) is 3.36. The molecule has 1 saturated heterocycles. The van der Waals surface area contributed by atoms with E-state index >= 15 is 0 Å². The second-order valence-corrected chi connectivity index (χ2v) is 8.70. The number of hydrogen-bond acceptors (Lipinski definition) is 3. The number of allylic oxidation sites excluding steroid dienone is 2. The number of rotatable bonds is 3. The molecule has 0 aromatic heterocycles. The van der Waals surface area contributed by atoms with Gasteiger partial charge < -0.3 is 5.32 Å². The molecule has 1 heterocycles. The van der Waals surface area contributed by atoms with Crippen LogP contribution in [0.25, 0.3) is 0 Å². The number of aryl methyl sites for hydroxylation is 1. The van der Waals surface area contributed by atoms with Crippen LogP contribution in [0.15, 0.2) is 54.1 Å². The number of imide groups is 1. The van der Waals surface area contributed by atoms with Crippen molar-refractivity contribution in [3.05, 3.63) is 70.8 Å². The van der Waals surface area contributed by atoms with Crippen LogP contribution in [-0.2, 0) is 9.59 Å². The second kappa shape index (κ2) is 6.66. The third-order valence-corrected chi connectivity index (χ3v) is 7.12. The van der Waals surface area contributed by atoms with Gasteiger partial charge in [0.25, 0.3) is 5.91 Å². The predicted molar refractivity (Wildman–Crippen MR) is 115 cm³/mol. The Hall–Kier alpha value is -3.21. The Morgan fingerprint density at radius 2 is 1.70 bits per heavy atom. The van der Waals surface area contributed by atoms with E-state index < -0.39 is 0 Å². The first-order valence-corrected chi connectivity index (χ1v) is 10.4. The molecule has 152 valence electrons. The maximum absolute atomic E-state index is 13.3. The lowest BCUT2D eigenvalue weighted by Crippen LogP contribution is -2.34. The molecule has 5 heteroatoms. The molecule has 1 saturated carbocycles. The van der Waals surface area contributed by atoms with E-state index in [0.29, 0.717) is 11.3 Å². The number of nitrogens with one attached hydrogen (secondary N) is 1. The summed E-state index contributed by atoms with van der Waals surface area (Å²) in [6.07, 6.45) is 3.04. The molecule has 5 rings (SSSR count). The van der Waals surface area contributed by atoms with Crippen molar-refractivity contribution in [2.24, 2.45) is 23.7 Å². The third-order valence-electron chi connectivity index (χ3n) is 7.12. The second-order valence-electron chi connectivity index (χ2n) is 8.70. The maximum Gasteiger partial charge on any atom is 0.257 e. The van der Waals surface area contributed by atoms with Crippen molar-refractivity contribution in [2.45, 2.75) is 27.2 Å². The zero-order valence-corrected chi connectivity index (χ0v) is 17.3. The Balaban J connectivity index is 1.49. The Bertz CT molecular complexity index is 1130. The summed E-state index contributed by atoms with van der Waals surface area (Å²) in [5.41, 5.74) is 4.72. The van der Waals surface area contributed by atoms with Crippen LogP contribution < -0.4 is 10.2 Å². The molecular formula is C25H24N2O3. The van der Waals surface area contributed by atoms with Crippen LogP contribution in [-0.4, -0.2) is 17.7 Å². The van der Waals surface area contributed by atoms with Gasteiger partial charge in [-0.15, -0.1) is 0 Å². The smallest absolute Gasteiger partial charge is 0.257 e. The van der Waals surface area contributed by atoms with Gasteiger partial charge in [-0.3, -0.25) is 14.4 Å². The van der Waals surface area contributed by atoms with Crippen molar-refractivity contribution < 1.29 is 14.4 Å². The minimum Gasteiger partial charge on any atom is -0.322 e. The molecule has 0 radical (unpaired) electrons. The van der Waals surface area contributed by atoms with Gasteiger partial charge in [-0.25, -0.2) is 4.90 Å². The van der Waals surface area contributed by atoms with Gasteiger partial charge in [0, 0.05) is 5.69 Å². The summed E-state index contributed by atoms with van der Waals surface area (Å²) >= 11 is 0. The van der Waals surface area contributed by atoms with Gasteiger partial charge in [0.2, 0.25) is 11.8 Å². The SMILES string of the molecule is CC1=C[C@H]2C[C@H]1[C@H]1C(=O)N(c3ccccc3C(=O)Nc3cccc(C)c3C)C(=O)[C@H]12. The van der Waals surface area contributed by atoms with Crippen molar-refractivity contribution in [1.29, 1.82) is 0 Å². The van der Waals surface area contributed by atoms with E-state index in [0.717, 1.165) is 23.2 Å². The third kappa shape index (κ3) is 2.58. The molecular weight excluding hydrogens is 376 g/mol. The molecule has 2 aromatic rings. The molecule has 1 aliphatic heterocycles. The number of para-hydroxylation sites is 1. The van der Waals surface area contributed by atoms with Crippen molar-refractivity contribution in [3.63, 3.8) is 0 Å². The highest BCUT2D eigenvalue weighted by atomic mass is 16.2. The first kappa shape index (κ1) is 18.8. The number of benzene rings is 2. The molecule has 2 aromatic carbocycles. The fourth-order valence-corrected chi connectivity index (χ4v) is 5.45. The lowest BCUT2D eigenvalue weighted by atomic mass is 9.82. The summed E-state index contributed by atoms with van der Waals surface area (Å²) < 4.78 is 0. The van der Waals surface area contributed by atoms with Gasteiger partial charge >= 0.3 is 0 Å². The summed E-state index contributed by atoms with van der Waals surface area (Å²) in [6.45, 7) is 5.99. The van der Waals surface area contributed by atoms with Gasteiger partial charge in [0.1, 0.15) is 0 Å². The fraction of sp³-hybridized carbons (Fsp3) is 0.320. The highest BCUT2D eigenvalue weighted by Crippen LogP contribution is 2.56. The molecule has 5 nitrogen and oxygen atoms in total. The molecule has 0 spiro atoms. The van der Waals surface area contributed by atoms with Crippen LogP contribution in [0.1, 0.15) is 34.8 Å². The van der Waals surface area contributed by atoms with Gasteiger partial charge in [-0.1, -0.05) is 35.9 Å². The minimum atomic E-state index is -0.325. The summed E-state index contributed by atoms with van der Waals surface area (Å²) in [5, 5.41) is 2.95. The number of anilines is 2. The lowest BCUT2D eigenvalue weighted by Gasteiger charge is -2.21. The summed E-state index contributed by atoms with van der Waals surface area (Å²) in [6, 6.07) is 12.6. The Kier molecular flexibility index (Phi) is 4.17. The molecule has 3 aliphatic rings. The standard InChI is InChI=1S/C25H24N2O3/c1-13-7-6-9-19(15(13)3)26-23(28)17-8-4-5-10-20(17)27-24(29)21-16-11-14(2)18(12-16)22(21)25(27)30/h4-11,16,18,21-22H,12H2,1-3H3,(H,26,28)/t16-,18+,21-,22+/m0/s1. The quantitative estimate of drug-likeness (QED) is 0.618. The van der Waals surface area contributed by atoms with Crippen molar-refractivity contribution in [3.8, 4) is 0 Å². The predicted octanol–water partition coefficient (Wildman–Crippen LogP) is 4.26. The number of carbonyl (C=O) groups is 3. The molecule has 2 fully saturated rings. The summed E-state index contributed by atoms with van der Waals surface area (Å²) in [5.74, 6) is -0.960. The Morgan fingerprint density at radius 1 is 0.967 bits per heavy atom. The van der Waals surface area contributed by atoms with E-state index in [1.54, 1.807) is 24.3 Å². The Morgan fingerprint density at radius 3 is 2.50 bits per heavy atom. The maximum atomic E-state index is 13.3. The number of carbonyl (C=O) groups excluding carboxylic acids is 3. The molecule has 2 aliphatic carbocycles. The molecule has 1 N–H and O–H groups in total. The summed E-state index contributed by atoms with van der Waals surface area (Å²) in [4.78, 5) is 41.0. The van der Waals surface area contributed by atoms with E-state index in [1.165, 1.54) is 10.5 Å². The zero-order valence-electron chi connectivity index (χ0n) is 17.3. The highest BCUT2D eigenvalue weighted by molar-refractivity contribution is 6.25. The minimum absolute atomic E-state index is 0.136. The number of hydrogen-bond donors (Lipinski definition) is 1. The van der Waals surface area contributed by atoms with Crippen molar-refractivity contribution in [1.82, 2.24) is 0 Å². The Labute approximate surface area is 175 Å². The van der Waals surface area contributed by atoms with Gasteiger partial charge in [0.05, 0.1) is 23.1 Å². The molecule has 4 atom stereocenters. The monoisotopic (exact) mass is 400 g/mol. The number of nitrogens with zero attached hydrogens (tertiary/aromatic N) is 1. The van der Waals surface area contributed by atoms with Crippen LogP contribution in [0, 0.1) is 37.5 Å². The number of amides is 3. The van der Waals surface area contributed by atoms with E-state index in [4.69, 9.17) is 0 Å². The van der Waals surface area contributed by atoms with Gasteiger partial charge in [0.15, 0.2) is 0 Å². The number of fused-ring (bicyclic) bond motifs is 5. The molecule has 0 unspecified atom stereocenters. The van der Waals surface area contributed by atoms with Crippen LogP contribution in [0.5, 0.6) is 0 Å². The van der Waals surface area contributed by atoms with Gasteiger partial charge in [-0.05, 0) is 68.4 Å². The highest BCUT2D eigenvalue weighted by Gasteiger charge is 2.61. The topological polar surface area (TPSA) is 66.5 Å².